The molecule has 0 aromatic heterocycles. The van der Waals surface area contributed by atoms with E-state index in [1.807, 2.05) is 40.2 Å². The lowest BCUT2D eigenvalue weighted by Crippen LogP contribution is -2.57. The van der Waals surface area contributed by atoms with Crippen LogP contribution in [-0.4, -0.2) is 77.0 Å². The van der Waals surface area contributed by atoms with Crippen molar-refractivity contribution >= 4 is 47.2 Å². The average Bonchev–Trinajstić information content (AvgIpc) is 2.71. The molecule has 0 aliphatic heterocycles. The molecule has 0 aliphatic carbocycles. The van der Waals surface area contributed by atoms with Gasteiger partial charge in [0.25, 0.3) is 0 Å². The number of nitrogens with two attached hydrogens (primary N) is 1. The number of amides is 3. The maximum atomic E-state index is 13.0. The molecule has 0 heterocycles. The summed E-state index contributed by atoms with van der Waals surface area (Å²) in [5.74, 6) is -1.36. The number of carbonyl (C=O) groups is 4. The topological polar surface area (TPSA) is 151 Å². The van der Waals surface area contributed by atoms with E-state index in [1.165, 1.54) is 23.5 Å². The number of nitrogens with one attached hydrogen (secondary N) is 3. The Bertz CT molecular complexity index is 619. The van der Waals surface area contributed by atoms with Gasteiger partial charge in [0.1, 0.15) is 18.1 Å². The molecule has 0 aromatic rings. The fraction of sp³-hybridized carbons (Fsp3) is 0.810. The molecule has 32 heavy (non-hydrogen) atoms. The predicted octanol–water partition coefficient (Wildman–Crippen LogP) is 1.06. The van der Waals surface area contributed by atoms with Crippen LogP contribution < -0.4 is 21.7 Å². The molecule has 6 N–H and O–H groups in total. The maximum absolute atomic E-state index is 13.0. The SMILES string of the molecule is CSCCC(NC(=O)C(CCSC)NC(=O)C(N)C(C)C)C(=O)NC(CC(C)C)C(=O)O. The minimum atomic E-state index is -1.12. The number of hydrogen-bond donors (Lipinski definition) is 5. The molecule has 0 aromatic carbocycles. The van der Waals surface area contributed by atoms with Gasteiger partial charge >= 0.3 is 5.97 Å². The van der Waals surface area contributed by atoms with Crippen molar-refractivity contribution in [3.8, 4) is 0 Å². The van der Waals surface area contributed by atoms with E-state index < -0.39 is 47.9 Å². The summed E-state index contributed by atoms with van der Waals surface area (Å²) in [7, 11) is 0. The van der Waals surface area contributed by atoms with Gasteiger partial charge in [-0.1, -0.05) is 27.7 Å². The van der Waals surface area contributed by atoms with Crippen LogP contribution in [0.1, 0.15) is 47.0 Å². The molecular formula is C21H40N4O5S2. The van der Waals surface area contributed by atoms with E-state index in [-0.39, 0.29) is 18.3 Å². The summed E-state index contributed by atoms with van der Waals surface area (Å²) < 4.78 is 0. The van der Waals surface area contributed by atoms with Crippen molar-refractivity contribution in [1.82, 2.24) is 16.0 Å². The molecule has 11 heteroatoms. The minimum absolute atomic E-state index is 0.0759. The molecule has 0 rings (SSSR count). The molecule has 0 saturated carbocycles. The highest BCUT2D eigenvalue weighted by atomic mass is 32.2. The first-order valence-electron chi connectivity index (χ1n) is 10.8. The number of thioether (sulfide) groups is 2. The minimum Gasteiger partial charge on any atom is -0.480 e. The average molecular weight is 493 g/mol. The van der Waals surface area contributed by atoms with Crippen molar-refractivity contribution in [3.05, 3.63) is 0 Å². The van der Waals surface area contributed by atoms with Gasteiger partial charge in [0.2, 0.25) is 17.7 Å². The van der Waals surface area contributed by atoms with E-state index in [4.69, 9.17) is 5.73 Å². The normalized spacial score (nSPS) is 15.0. The van der Waals surface area contributed by atoms with Crippen molar-refractivity contribution in [2.45, 2.75) is 71.1 Å². The van der Waals surface area contributed by atoms with Crippen LogP contribution in [0.2, 0.25) is 0 Å². The van der Waals surface area contributed by atoms with Gasteiger partial charge < -0.3 is 26.8 Å². The first kappa shape index (κ1) is 30.5. The molecule has 0 radical (unpaired) electrons. The van der Waals surface area contributed by atoms with E-state index in [0.29, 0.717) is 24.3 Å². The summed E-state index contributed by atoms with van der Waals surface area (Å²) in [5, 5.41) is 17.4. The van der Waals surface area contributed by atoms with E-state index in [1.54, 1.807) is 0 Å². The number of rotatable bonds is 16. The lowest BCUT2D eigenvalue weighted by molar-refractivity contribution is -0.142. The summed E-state index contributed by atoms with van der Waals surface area (Å²) in [6, 6.07) is -3.53. The largest absolute Gasteiger partial charge is 0.480 e. The second-order valence-electron chi connectivity index (χ2n) is 8.48. The first-order valence-corrected chi connectivity index (χ1v) is 13.6. The van der Waals surface area contributed by atoms with Gasteiger partial charge in [-0.2, -0.15) is 23.5 Å². The summed E-state index contributed by atoms with van der Waals surface area (Å²) in [4.78, 5) is 49.7. The Morgan fingerprint density at radius 3 is 1.53 bits per heavy atom. The van der Waals surface area contributed by atoms with Gasteiger partial charge in [0, 0.05) is 0 Å². The van der Waals surface area contributed by atoms with E-state index in [9.17, 15) is 24.3 Å². The van der Waals surface area contributed by atoms with Gasteiger partial charge in [-0.05, 0) is 55.1 Å². The predicted molar refractivity (Wildman–Crippen MR) is 132 cm³/mol. The number of carboxylic acid groups (broad SMARTS) is 1. The third kappa shape index (κ3) is 12.0. The molecule has 0 spiro atoms. The number of carboxylic acids is 1. The Labute approximate surface area is 200 Å². The summed E-state index contributed by atoms with van der Waals surface area (Å²) in [6.45, 7) is 7.38. The highest BCUT2D eigenvalue weighted by Crippen LogP contribution is 2.09. The lowest BCUT2D eigenvalue weighted by Gasteiger charge is -2.26. The van der Waals surface area contributed by atoms with E-state index in [2.05, 4.69) is 16.0 Å². The zero-order chi connectivity index (χ0) is 24.8. The van der Waals surface area contributed by atoms with Gasteiger partial charge in [0.05, 0.1) is 6.04 Å². The third-order valence-corrected chi connectivity index (χ3v) is 6.12. The van der Waals surface area contributed by atoms with Crippen LogP contribution >= 0.6 is 23.5 Å². The number of hydrogen-bond acceptors (Lipinski definition) is 7. The second-order valence-corrected chi connectivity index (χ2v) is 10.5. The molecule has 186 valence electrons. The highest BCUT2D eigenvalue weighted by molar-refractivity contribution is 7.98. The van der Waals surface area contributed by atoms with Crippen LogP contribution in [0.25, 0.3) is 0 Å². The fourth-order valence-electron chi connectivity index (χ4n) is 2.82. The Morgan fingerprint density at radius 1 is 0.781 bits per heavy atom. The van der Waals surface area contributed by atoms with Crippen LogP contribution in [0.3, 0.4) is 0 Å². The zero-order valence-electron chi connectivity index (χ0n) is 20.0. The number of aliphatic carboxylic acids is 1. The van der Waals surface area contributed by atoms with Gasteiger partial charge in [-0.3, -0.25) is 14.4 Å². The van der Waals surface area contributed by atoms with Crippen LogP contribution in [0.15, 0.2) is 0 Å². The molecular weight excluding hydrogens is 452 g/mol. The fourth-order valence-corrected chi connectivity index (χ4v) is 3.76. The highest BCUT2D eigenvalue weighted by Gasteiger charge is 2.30. The molecule has 4 atom stereocenters. The maximum Gasteiger partial charge on any atom is 0.326 e. The smallest absolute Gasteiger partial charge is 0.326 e. The Morgan fingerprint density at radius 2 is 1.19 bits per heavy atom. The van der Waals surface area contributed by atoms with Gasteiger partial charge in [-0.15, -0.1) is 0 Å². The van der Waals surface area contributed by atoms with Crippen LogP contribution in [0.5, 0.6) is 0 Å². The van der Waals surface area contributed by atoms with Crippen LogP contribution in [0, 0.1) is 11.8 Å². The summed E-state index contributed by atoms with van der Waals surface area (Å²) >= 11 is 3.05. The molecule has 0 bridgehead atoms. The zero-order valence-corrected chi connectivity index (χ0v) is 21.6. The molecule has 3 amide bonds. The van der Waals surface area contributed by atoms with Crippen molar-refractivity contribution in [3.63, 3.8) is 0 Å². The Balaban J connectivity index is 5.42. The monoisotopic (exact) mass is 492 g/mol. The van der Waals surface area contributed by atoms with Crippen molar-refractivity contribution in [1.29, 1.82) is 0 Å². The first-order chi connectivity index (χ1) is 14.9. The van der Waals surface area contributed by atoms with Crippen molar-refractivity contribution in [2.24, 2.45) is 17.6 Å². The Hall–Kier alpha value is -1.46. The van der Waals surface area contributed by atoms with Gasteiger partial charge in [0.15, 0.2) is 0 Å². The van der Waals surface area contributed by atoms with E-state index in [0.717, 1.165) is 0 Å². The molecule has 0 aliphatic rings. The standard InChI is InChI=1S/C21H40N4O5S2/c1-12(2)11-16(21(29)30)25-19(27)14(7-9-31-5)23-18(26)15(8-10-32-6)24-20(28)17(22)13(3)4/h12-17H,7-11,22H2,1-6H3,(H,23,26)(H,24,28)(H,25,27)(H,29,30). The molecule has 0 saturated heterocycles. The van der Waals surface area contributed by atoms with E-state index >= 15 is 0 Å². The molecule has 9 nitrogen and oxygen atoms in total. The van der Waals surface area contributed by atoms with Crippen LogP contribution in [-0.2, 0) is 19.2 Å². The van der Waals surface area contributed by atoms with Crippen molar-refractivity contribution < 1.29 is 24.3 Å². The second kappa shape index (κ2) is 16.2. The summed E-state index contributed by atoms with van der Waals surface area (Å²) in [5.41, 5.74) is 5.90. The molecule has 4 unspecified atom stereocenters. The molecule has 0 fully saturated rings. The quantitative estimate of drug-likeness (QED) is 0.215. The lowest BCUT2D eigenvalue weighted by atomic mass is 10.0. The third-order valence-electron chi connectivity index (χ3n) is 4.83. The number of carbonyl (C=O) groups excluding carboxylic acids is 3. The van der Waals surface area contributed by atoms with Crippen molar-refractivity contribution in [2.75, 3.05) is 24.0 Å². The Kier molecular flexibility index (Phi) is 15.5. The van der Waals surface area contributed by atoms with Crippen LogP contribution in [0.4, 0.5) is 0 Å². The summed E-state index contributed by atoms with van der Waals surface area (Å²) in [6.07, 6.45) is 4.77. The van der Waals surface area contributed by atoms with Gasteiger partial charge in [-0.25, -0.2) is 4.79 Å².